The average Bonchev–Trinajstić information content (AvgIpc) is 3.11. The zero-order valence-corrected chi connectivity index (χ0v) is 25.2. The summed E-state index contributed by atoms with van der Waals surface area (Å²) in [6.07, 6.45) is 11.9. The molecule has 0 aromatic rings. The number of aliphatic carboxylic acids is 4. The molecule has 3 rings (SSSR count). The SMILES string of the molecule is CC1CC(CC2CCC(N)C(C)C2)CCC1N.NCN.O=C(O)CC(=O)O.O=C(O)CC(=O)O.O=C1CCCCCN1. The Morgan fingerprint density at radius 3 is 1.40 bits per heavy atom. The Morgan fingerprint density at radius 2 is 1.10 bits per heavy atom. The molecule has 6 atom stereocenters. The van der Waals surface area contributed by atoms with Gasteiger partial charge in [-0.25, -0.2) is 0 Å². The molecule has 0 radical (unpaired) electrons. The molecule has 13 N–H and O–H groups in total. The van der Waals surface area contributed by atoms with Gasteiger partial charge >= 0.3 is 23.9 Å². The molecular formula is C28H55N5O9. The van der Waals surface area contributed by atoms with Gasteiger partial charge in [-0.2, -0.15) is 0 Å². The van der Waals surface area contributed by atoms with Crippen LogP contribution in [0.25, 0.3) is 0 Å². The second kappa shape index (κ2) is 24.8. The maximum atomic E-state index is 10.6. The smallest absolute Gasteiger partial charge is 0.314 e. The van der Waals surface area contributed by atoms with Crippen molar-refractivity contribution in [2.45, 2.75) is 109 Å². The Morgan fingerprint density at radius 1 is 0.714 bits per heavy atom. The largest absolute Gasteiger partial charge is 0.481 e. The second-order valence-electron chi connectivity index (χ2n) is 11.2. The van der Waals surface area contributed by atoms with Crippen molar-refractivity contribution in [1.29, 1.82) is 0 Å². The van der Waals surface area contributed by atoms with Crippen molar-refractivity contribution in [3.05, 3.63) is 0 Å². The molecule has 0 aromatic carbocycles. The predicted octanol–water partition coefficient (Wildman–Crippen LogP) is 1.53. The molecule has 246 valence electrons. The number of hydrogen-bond donors (Lipinski definition) is 9. The summed E-state index contributed by atoms with van der Waals surface area (Å²) in [6, 6.07) is 0.926. The number of nitrogens with two attached hydrogens (primary N) is 4. The first-order chi connectivity index (χ1) is 19.6. The van der Waals surface area contributed by atoms with Crippen LogP contribution in [0, 0.1) is 23.7 Å². The van der Waals surface area contributed by atoms with E-state index >= 15 is 0 Å². The maximum absolute atomic E-state index is 10.6. The molecule has 1 aliphatic heterocycles. The molecule has 3 fully saturated rings. The lowest BCUT2D eigenvalue weighted by molar-refractivity contribution is -0.149. The third kappa shape index (κ3) is 24.9. The fourth-order valence-corrected chi connectivity index (χ4v) is 5.12. The highest BCUT2D eigenvalue weighted by Crippen LogP contribution is 2.38. The van der Waals surface area contributed by atoms with Gasteiger partial charge in [-0.1, -0.05) is 20.3 Å². The Hall–Kier alpha value is -2.81. The standard InChI is InChI=1S/C15H30N2.C6H11NO.2C3H4O4.CH6N2/c1-10-7-12(3-5-14(10)16)9-13-4-6-15(17)11(2)8-13;8-6-4-2-1-3-5-7-6;2*4-2(5)1-3(6)7;2-1-3/h10-15H,3-9,16-17H2,1-2H3;1-5H2,(H,7,8);2*1H2,(H,4,5)(H,6,7);1-3H2. The van der Waals surface area contributed by atoms with Gasteiger partial charge in [0.15, 0.2) is 0 Å². The Bertz CT molecular complexity index is 716. The zero-order chi connectivity index (χ0) is 32.7. The molecule has 0 bridgehead atoms. The minimum Gasteiger partial charge on any atom is -0.481 e. The van der Waals surface area contributed by atoms with Crippen molar-refractivity contribution in [3.8, 4) is 0 Å². The van der Waals surface area contributed by atoms with Crippen LogP contribution in [0.4, 0.5) is 0 Å². The third-order valence-corrected chi connectivity index (χ3v) is 7.36. The Labute approximate surface area is 248 Å². The summed E-state index contributed by atoms with van der Waals surface area (Å²) in [7, 11) is 0. The van der Waals surface area contributed by atoms with Crippen LogP contribution in [0.1, 0.15) is 97.3 Å². The lowest BCUT2D eigenvalue weighted by Crippen LogP contribution is -2.37. The van der Waals surface area contributed by atoms with E-state index in [0.717, 1.165) is 49.5 Å². The van der Waals surface area contributed by atoms with Crippen molar-refractivity contribution in [3.63, 3.8) is 0 Å². The van der Waals surface area contributed by atoms with E-state index in [0.29, 0.717) is 12.1 Å². The molecule has 1 saturated heterocycles. The number of carbonyl (C=O) groups is 5. The van der Waals surface area contributed by atoms with E-state index in [2.05, 4.69) is 30.6 Å². The zero-order valence-electron chi connectivity index (χ0n) is 25.2. The predicted molar refractivity (Wildman–Crippen MR) is 158 cm³/mol. The lowest BCUT2D eigenvalue weighted by atomic mass is 9.71. The van der Waals surface area contributed by atoms with Crippen LogP contribution in [-0.2, 0) is 24.0 Å². The van der Waals surface area contributed by atoms with E-state index in [1.165, 1.54) is 51.4 Å². The van der Waals surface area contributed by atoms with Crippen LogP contribution in [0.3, 0.4) is 0 Å². The molecule has 2 aliphatic carbocycles. The first-order valence-electron chi connectivity index (χ1n) is 14.7. The van der Waals surface area contributed by atoms with Gasteiger partial charge in [0.25, 0.3) is 0 Å². The van der Waals surface area contributed by atoms with Crippen LogP contribution < -0.4 is 28.3 Å². The van der Waals surface area contributed by atoms with Gasteiger partial charge in [0, 0.05) is 31.7 Å². The summed E-state index contributed by atoms with van der Waals surface area (Å²) in [5, 5.41) is 33.6. The Kier molecular flexibility index (Phi) is 24.4. The van der Waals surface area contributed by atoms with Gasteiger partial charge in [0.2, 0.25) is 5.91 Å². The Balaban J connectivity index is 0. The number of rotatable bonds is 6. The van der Waals surface area contributed by atoms with Crippen molar-refractivity contribution >= 4 is 29.8 Å². The van der Waals surface area contributed by atoms with Gasteiger partial charge in [-0.05, 0) is 81.5 Å². The van der Waals surface area contributed by atoms with E-state index in [-0.39, 0.29) is 12.6 Å². The van der Waals surface area contributed by atoms with Gasteiger partial charge in [0.1, 0.15) is 12.8 Å². The van der Waals surface area contributed by atoms with E-state index in [1.54, 1.807) is 0 Å². The molecule has 14 nitrogen and oxygen atoms in total. The van der Waals surface area contributed by atoms with Crippen molar-refractivity contribution in [2.75, 3.05) is 13.2 Å². The first kappa shape index (κ1) is 41.3. The van der Waals surface area contributed by atoms with Gasteiger partial charge in [-0.3, -0.25) is 24.0 Å². The molecule has 1 amide bonds. The second-order valence-corrected chi connectivity index (χ2v) is 11.2. The lowest BCUT2D eigenvalue weighted by Gasteiger charge is -2.37. The van der Waals surface area contributed by atoms with E-state index in [9.17, 15) is 24.0 Å². The maximum Gasteiger partial charge on any atom is 0.314 e. The van der Waals surface area contributed by atoms with E-state index in [1.807, 2.05) is 0 Å². The van der Waals surface area contributed by atoms with Crippen molar-refractivity contribution in [2.24, 2.45) is 46.6 Å². The summed E-state index contributed by atoms with van der Waals surface area (Å²) >= 11 is 0. The molecule has 0 aromatic heterocycles. The quantitative estimate of drug-likeness (QED) is 0.153. The number of carbonyl (C=O) groups excluding carboxylic acids is 1. The number of nitrogens with one attached hydrogen (secondary N) is 1. The number of amides is 1. The molecule has 3 aliphatic rings. The number of carboxylic acids is 4. The summed E-state index contributed by atoms with van der Waals surface area (Å²) in [5.74, 6) is -1.68. The molecular weight excluding hydrogens is 550 g/mol. The molecule has 2 saturated carbocycles. The summed E-state index contributed by atoms with van der Waals surface area (Å²) in [6.45, 7) is 5.80. The van der Waals surface area contributed by atoms with Crippen LogP contribution in [-0.4, -0.2) is 75.5 Å². The average molecular weight is 606 g/mol. The monoisotopic (exact) mass is 605 g/mol. The number of hydrogen-bond acceptors (Lipinski definition) is 9. The highest BCUT2D eigenvalue weighted by molar-refractivity contribution is 5.89. The van der Waals surface area contributed by atoms with E-state index in [4.69, 9.17) is 31.9 Å². The van der Waals surface area contributed by atoms with Crippen LogP contribution in [0.15, 0.2) is 0 Å². The highest BCUT2D eigenvalue weighted by atomic mass is 16.4. The third-order valence-electron chi connectivity index (χ3n) is 7.36. The first-order valence-corrected chi connectivity index (χ1v) is 14.7. The van der Waals surface area contributed by atoms with Crippen LogP contribution in [0.5, 0.6) is 0 Å². The van der Waals surface area contributed by atoms with E-state index < -0.39 is 36.7 Å². The van der Waals surface area contributed by atoms with Crippen LogP contribution >= 0.6 is 0 Å². The molecule has 6 unspecified atom stereocenters. The molecule has 42 heavy (non-hydrogen) atoms. The fraction of sp³-hybridized carbons (Fsp3) is 0.821. The highest BCUT2D eigenvalue weighted by Gasteiger charge is 2.30. The van der Waals surface area contributed by atoms with Crippen molar-refractivity contribution in [1.82, 2.24) is 5.32 Å². The summed E-state index contributed by atoms with van der Waals surface area (Å²) < 4.78 is 0. The fourth-order valence-electron chi connectivity index (χ4n) is 5.12. The van der Waals surface area contributed by atoms with Gasteiger partial charge in [0.05, 0.1) is 0 Å². The van der Waals surface area contributed by atoms with Crippen LogP contribution in [0.2, 0.25) is 0 Å². The normalized spacial score (nSPS) is 26.7. The van der Waals surface area contributed by atoms with Gasteiger partial charge in [-0.15, -0.1) is 0 Å². The minimum absolute atomic E-state index is 0.225. The van der Waals surface area contributed by atoms with Crippen molar-refractivity contribution < 1.29 is 44.4 Å². The van der Waals surface area contributed by atoms with Gasteiger partial charge < -0.3 is 48.7 Å². The topological polar surface area (TPSA) is 282 Å². The molecule has 1 heterocycles. The molecule has 0 spiro atoms. The number of carboxylic acid groups (broad SMARTS) is 4. The summed E-state index contributed by atoms with van der Waals surface area (Å²) in [4.78, 5) is 48.3. The summed E-state index contributed by atoms with van der Waals surface area (Å²) in [5.41, 5.74) is 21.4. The molecule has 14 heteroatoms. The minimum atomic E-state index is -1.31.